The number of nitrogens with zero attached hydrogens (tertiary/aromatic N) is 1. The molecule has 3 aliphatic rings. The minimum Gasteiger partial charge on any atom is -0.377 e. The average molecular weight is 459 g/mol. The fourth-order valence-electron chi connectivity index (χ4n) is 5.03. The van der Waals surface area contributed by atoms with Crippen molar-refractivity contribution < 1.29 is 17.8 Å². The maximum absolute atomic E-state index is 12.6. The lowest BCUT2D eigenvalue weighted by Gasteiger charge is -2.38. The molecule has 1 aliphatic carbocycles. The molecule has 172 valence electrons. The second-order valence-electron chi connectivity index (χ2n) is 8.94. The molecule has 9 heteroatoms. The fourth-order valence-corrected chi connectivity index (χ4v) is 5.03. The maximum atomic E-state index is 12.6. The molecule has 4 N–H and O–H groups in total. The van der Waals surface area contributed by atoms with Crippen LogP contribution in [-0.4, -0.2) is 50.9 Å². The van der Waals surface area contributed by atoms with E-state index >= 15 is 0 Å². The summed E-state index contributed by atoms with van der Waals surface area (Å²) < 4.78 is 25.9. The van der Waals surface area contributed by atoms with Gasteiger partial charge in [-0.2, -0.15) is 8.42 Å². The molecule has 2 aliphatic heterocycles. The number of carbonyl (C=O) groups excluding carboxylic acids is 1. The number of carbonyl (C=O) groups is 1. The summed E-state index contributed by atoms with van der Waals surface area (Å²) in [6.45, 7) is 2.15. The van der Waals surface area contributed by atoms with Crippen molar-refractivity contribution >= 4 is 33.1 Å². The molecule has 2 aromatic rings. The maximum Gasteiger partial charge on any atom is 0.261 e. The van der Waals surface area contributed by atoms with E-state index in [2.05, 4.69) is 59.1 Å². The molecule has 0 radical (unpaired) electrons. The molecule has 1 atom stereocenters. The Kier molecular flexibility index (Phi) is 5.58. The molecule has 1 unspecified atom stereocenters. The molecule has 2 heterocycles. The highest BCUT2D eigenvalue weighted by molar-refractivity contribution is 7.85. The smallest absolute Gasteiger partial charge is 0.261 e. The third-order valence-electron chi connectivity index (χ3n) is 6.62. The fraction of sp³-hybridized carbons (Fsp3) is 0.435. The normalized spacial score (nSPS) is 19.7. The van der Waals surface area contributed by atoms with Crippen LogP contribution in [-0.2, 0) is 29.4 Å². The van der Waals surface area contributed by atoms with Gasteiger partial charge in [-0.05, 0) is 55.4 Å². The highest BCUT2D eigenvalue weighted by Crippen LogP contribution is 2.49. The first-order valence-electron chi connectivity index (χ1n) is 10.7. The van der Waals surface area contributed by atoms with Crippen molar-refractivity contribution in [1.82, 2.24) is 5.32 Å². The van der Waals surface area contributed by atoms with Crippen molar-refractivity contribution in [3.63, 3.8) is 0 Å². The molecular formula is C23H30N4O4S. The van der Waals surface area contributed by atoms with Crippen LogP contribution in [0.1, 0.15) is 40.4 Å². The molecule has 32 heavy (non-hydrogen) atoms. The van der Waals surface area contributed by atoms with Gasteiger partial charge in [-0.15, -0.1) is 0 Å². The number of nitrogens with one attached hydrogen (secondary N) is 3. The molecule has 5 rings (SSSR count). The van der Waals surface area contributed by atoms with Crippen LogP contribution in [0.4, 0.5) is 17.1 Å². The summed E-state index contributed by atoms with van der Waals surface area (Å²) in [5.41, 5.74) is 8.26. The Morgan fingerprint density at radius 1 is 1.22 bits per heavy atom. The second-order valence-corrected chi connectivity index (χ2v) is 10.4. The van der Waals surface area contributed by atoms with Crippen LogP contribution in [0.15, 0.2) is 30.3 Å². The Morgan fingerprint density at radius 2 is 1.81 bits per heavy atom. The molecule has 1 amide bonds. The summed E-state index contributed by atoms with van der Waals surface area (Å²) in [6, 6.07) is 10.8. The predicted octanol–water partition coefficient (Wildman–Crippen LogP) is 2.65. The zero-order valence-electron chi connectivity index (χ0n) is 18.8. The van der Waals surface area contributed by atoms with Crippen LogP contribution < -0.4 is 20.9 Å². The number of fused-ring (bicyclic) bond motifs is 4. The van der Waals surface area contributed by atoms with E-state index in [9.17, 15) is 13.2 Å². The second kappa shape index (κ2) is 7.97. The van der Waals surface area contributed by atoms with Crippen LogP contribution in [0.3, 0.4) is 0 Å². The van der Waals surface area contributed by atoms with Gasteiger partial charge in [0.15, 0.2) is 0 Å². The van der Waals surface area contributed by atoms with Gasteiger partial charge in [-0.1, -0.05) is 24.3 Å². The first-order valence-corrected chi connectivity index (χ1v) is 12.5. The van der Waals surface area contributed by atoms with Crippen LogP contribution in [0.25, 0.3) is 0 Å². The SMILES string of the molecule is CNC(=O)c1cc2c(c3c1CCC1(Cc4ccccc4C1)N3)NC(C)N2C.CS(=O)(=O)O. The number of anilines is 3. The van der Waals surface area contributed by atoms with Gasteiger partial charge in [0.05, 0.1) is 29.5 Å². The molecule has 1 spiro atoms. The predicted molar refractivity (Wildman–Crippen MR) is 127 cm³/mol. The summed E-state index contributed by atoms with van der Waals surface area (Å²) >= 11 is 0. The van der Waals surface area contributed by atoms with E-state index in [1.54, 1.807) is 7.05 Å². The van der Waals surface area contributed by atoms with E-state index in [1.807, 2.05) is 6.07 Å². The largest absolute Gasteiger partial charge is 0.377 e. The molecule has 0 fully saturated rings. The Bertz CT molecular complexity index is 1150. The highest BCUT2D eigenvalue weighted by Gasteiger charge is 2.42. The van der Waals surface area contributed by atoms with E-state index in [0.717, 1.165) is 53.9 Å². The Morgan fingerprint density at radius 3 is 2.38 bits per heavy atom. The Labute approximate surface area is 189 Å². The molecule has 0 bridgehead atoms. The monoisotopic (exact) mass is 458 g/mol. The summed E-state index contributed by atoms with van der Waals surface area (Å²) in [7, 11) is 0.117. The molecular weight excluding hydrogens is 428 g/mol. The van der Waals surface area contributed by atoms with Gasteiger partial charge in [0.2, 0.25) is 0 Å². The lowest BCUT2D eigenvalue weighted by atomic mass is 9.81. The van der Waals surface area contributed by atoms with Crippen molar-refractivity contribution in [3.05, 3.63) is 52.6 Å². The van der Waals surface area contributed by atoms with E-state index in [0.29, 0.717) is 6.26 Å². The topological polar surface area (TPSA) is 111 Å². The van der Waals surface area contributed by atoms with Gasteiger partial charge in [0, 0.05) is 25.2 Å². The Hall–Kier alpha value is -2.78. The highest BCUT2D eigenvalue weighted by atomic mass is 32.2. The van der Waals surface area contributed by atoms with Crippen molar-refractivity contribution in [1.29, 1.82) is 0 Å². The number of rotatable bonds is 1. The molecule has 2 aromatic carbocycles. The van der Waals surface area contributed by atoms with Gasteiger partial charge < -0.3 is 20.9 Å². The summed E-state index contributed by atoms with van der Waals surface area (Å²) in [5, 5.41) is 10.3. The van der Waals surface area contributed by atoms with E-state index < -0.39 is 10.1 Å². The molecule has 0 aromatic heterocycles. The molecule has 0 saturated carbocycles. The number of benzene rings is 2. The van der Waals surface area contributed by atoms with E-state index in [4.69, 9.17) is 4.55 Å². The van der Waals surface area contributed by atoms with Crippen molar-refractivity contribution in [2.75, 3.05) is 35.9 Å². The van der Waals surface area contributed by atoms with E-state index in [1.165, 1.54) is 11.1 Å². The van der Waals surface area contributed by atoms with Gasteiger partial charge in [-0.25, -0.2) is 0 Å². The molecule has 0 saturated heterocycles. The van der Waals surface area contributed by atoms with Crippen LogP contribution in [0, 0.1) is 0 Å². The lowest BCUT2D eigenvalue weighted by Crippen LogP contribution is -2.43. The summed E-state index contributed by atoms with van der Waals surface area (Å²) in [4.78, 5) is 14.8. The van der Waals surface area contributed by atoms with Crippen molar-refractivity contribution in [2.45, 2.75) is 44.3 Å². The third-order valence-corrected chi connectivity index (χ3v) is 6.62. The first kappa shape index (κ1) is 22.4. The molecule has 8 nitrogen and oxygen atoms in total. The van der Waals surface area contributed by atoms with Crippen LogP contribution in [0.5, 0.6) is 0 Å². The standard InChI is InChI=1S/C22H26N4O.CH4O3S/c1-13-24-20-18(26(13)3)10-17(21(27)23-2)16-8-9-22(25-19(16)20)11-14-6-4-5-7-15(14)12-22;1-5(2,3)4/h4-7,10,13,24-25H,8-9,11-12H2,1-3H3,(H,23,27);1H3,(H,2,3,4). The number of amides is 1. The summed E-state index contributed by atoms with van der Waals surface area (Å²) in [5.74, 6) is -0.00513. The Balaban J connectivity index is 0.000000444. The van der Waals surface area contributed by atoms with Gasteiger partial charge in [0.25, 0.3) is 16.0 Å². The first-order chi connectivity index (χ1) is 15.0. The zero-order chi connectivity index (χ0) is 23.3. The average Bonchev–Trinajstić information content (AvgIpc) is 3.22. The van der Waals surface area contributed by atoms with Gasteiger partial charge in [-0.3, -0.25) is 9.35 Å². The van der Waals surface area contributed by atoms with Gasteiger partial charge >= 0.3 is 0 Å². The zero-order valence-corrected chi connectivity index (χ0v) is 19.6. The minimum absolute atomic E-state index is 0.00513. The lowest BCUT2D eigenvalue weighted by molar-refractivity contribution is 0.0962. The summed E-state index contributed by atoms with van der Waals surface area (Å²) in [6.07, 6.45) is 4.99. The van der Waals surface area contributed by atoms with E-state index in [-0.39, 0.29) is 17.6 Å². The quantitative estimate of drug-likeness (QED) is 0.486. The van der Waals surface area contributed by atoms with Crippen molar-refractivity contribution in [3.8, 4) is 0 Å². The van der Waals surface area contributed by atoms with Crippen LogP contribution in [0.2, 0.25) is 0 Å². The third kappa shape index (κ3) is 4.14. The number of hydrogen-bond donors (Lipinski definition) is 4. The van der Waals surface area contributed by atoms with Crippen LogP contribution >= 0.6 is 0 Å². The number of hydrogen-bond acceptors (Lipinski definition) is 6. The minimum atomic E-state index is -3.67. The van der Waals surface area contributed by atoms with Gasteiger partial charge in [0.1, 0.15) is 0 Å². The van der Waals surface area contributed by atoms with Crippen molar-refractivity contribution in [2.24, 2.45) is 0 Å².